The lowest BCUT2D eigenvalue weighted by molar-refractivity contribution is -0.117. The molecule has 2 heterocycles. The van der Waals surface area contributed by atoms with Crippen molar-refractivity contribution in [2.24, 2.45) is 5.92 Å². The van der Waals surface area contributed by atoms with Crippen LogP contribution in [-0.4, -0.2) is 36.8 Å². The van der Waals surface area contributed by atoms with E-state index in [1.807, 2.05) is 13.8 Å². The Hall–Kier alpha value is -1.44. The largest absolute Gasteiger partial charge is 0.302 e. The SMILES string of the molecule is CC(C)c1cc(N2CC(CS(=O)(=O)F)CC2=O)n[nH]1. The van der Waals surface area contributed by atoms with Crippen molar-refractivity contribution in [2.75, 3.05) is 17.2 Å². The Morgan fingerprint density at radius 1 is 1.58 bits per heavy atom. The molecule has 106 valence electrons. The van der Waals surface area contributed by atoms with Gasteiger partial charge in [-0.3, -0.25) is 14.8 Å². The van der Waals surface area contributed by atoms with Gasteiger partial charge in [0.15, 0.2) is 5.82 Å². The number of halogens is 1. The van der Waals surface area contributed by atoms with Gasteiger partial charge in [-0.25, -0.2) is 0 Å². The smallest absolute Gasteiger partial charge is 0.295 e. The first-order valence-electron chi connectivity index (χ1n) is 6.04. The molecule has 1 amide bonds. The monoisotopic (exact) mass is 289 g/mol. The van der Waals surface area contributed by atoms with Crippen LogP contribution in [0.1, 0.15) is 31.9 Å². The van der Waals surface area contributed by atoms with Gasteiger partial charge in [0, 0.05) is 30.6 Å². The minimum atomic E-state index is -4.55. The van der Waals surface area contributed by atoms with E-state index in [1.54, 1.807) is 6.07 Å². The maximum Gasteiger partial charge on any atom is 0.302 e. The molecule has 1 atom stereocenters. The van der Waals surface area contributed by atoms with Crippen LogP contribution in [0.4, 0.5) is 9.70 Å². The van der Waals surface area contributed by atoms with Gasteiger partial charge >= 0.3 is 10.2 Å². The summed E-state index contributed by atoms with van der Waals surface area (Å²) in [5, 5.41) is 6.87. The summed E-state index contributed by atoms with van der Waals surface area (Å²) < 4.78 is 33.9. The first-order chi connectivity index (χ1) is 8.76. The predicted octanol–water partition coefficient (Wildman–Crippen LogP) is 1.19. The van der Waals surface area contributed by atoms with Crippen LogP contribution in [0.2, 0.25) is 0 Å². The van der Waals surface area contributed by atoms with Gasteiger partial charge in [0.05, 0.1) is 5.75 Å². The quantitative estimate of drug-likeness (QED) is 0.844. The van der Waals surface area contributed by atoms with Gasteiger partial charge in [0.1, 0.15) is 0 Å². The molecular weight excluding hydrogens is 273 g/mol. The molecule has 0 bridgehead atoms. The number of nitrogens with one attached hydrogen (secondary N) is 1. The van der Waals surface area contributed by atoms with Crippen molar-refractivity contribution >= 4 is 21.9 Å². The number of H-pyrrole nitrogens is 1. The molecular formula is C11H16FN3O3S. The van der Waals surface area contributed by atoms with Gasteiger partial charge in [-0.1, -0.05) is 13.8 Å². The normalized spacial score (nSPS) is 20.5. The lowest BCUT2D eigenvalue weighted by Crippen LogP contribution is -2.25. The zero-order chi connectivity index (χ0) is 14.2. The molecule has 1 N–H and O–H groups in total. The Labute approximate surface area is 111 Å². The van der Waals surface area contributed by atoms with Crippen LogP contribution in [0.3, 0.4) is 0 Å². The van der Waals surface area contributed by atoms with Crippen LogP contribution in [0.15, 0.2) is 6.07 Å². The highest BCUT2D eigenvalue weighted by Gasteiger charge is 2.34. The van der Waals surface area contributed by atoms with Gasteiger partial charge < -0.3 is 0 Å². The fourth-order valence-electron chi connectivity index (χ4n) is 2.16. The third kappa shape index (κ3) is 3.31. The summed E-state index contributed by atoms with van der Waals surface area (Å²) in [6.45, 7) is 4.16. The van der Waals surface area contributed by atoms with E-state index in [9.17, 15) is 17.1 Å². The Morgan fingerprint density at radius 3 is 2.79 bits per heavy atom. The molecule has 19 heavy (non-hydrogen) atoms. The van der Waals surface area contributed by atoms with Crippen LogP contribution in [0.5, 0.6) is 0 Å². The topological polar surface area (TPSA) is 83.1 Å². The maximum absolute atomic E-state index is 12.6. The summed E-state index contributed by atoms with van der Waals surface area (Å²) in [6, 6.07) is 1.76. The van der Waals surface area contributed by atoms with Gasteiger partial charge in [-0.2, -0.15) is 13.5 Å². The first-order valence-corrected chi connectivity index (χ1v) is 7.59. The number of amides is 1. The molecule has 0 aliphatic carbocycles. The van der Waals surface area contributed by atoms with E-state index < -0.39 is 21.9 Å². The highest BCUT2D eigenvalue weighted by Crippen LogP contribution is 2.26. The lowest BCUT2D eigenvalue weighted by atomic mass is 10.1. The molecule has 2 rings (SSSR count). The Morgan fingerprint density at radius 2 is 2.26 bits per heavy atom. The van der Waals surface area contributed by atoms with E-state index in [2.05, 4.69) is 10.2 Å². The molecule has 8 heteroatoms. The molecule has 1 aliphatic heterocycles. The van der Waals surface area contributed by atoms with Crippen LogP contribution in [0.25, 0.3) is 0 Å². The van der Waals surface area contributed by atoms with Crippen molar-refractivity contribution in [2.45, 2.75) is 26.2 Å². The fraction of sp³-hybridized carbons (Fsp3) is 0.636. The molecule has 1 aromatic heterocycles. The molecule has 1 fully saturated rings. The molecule has 1 saturated heterocycles. The number of hydrogen-bond donors (Lipinski definition) is 1. The fourth-order valence-corrected chi connectivity index (χ4v) is 2.94. The number of aromatic amines is 1. The number of aromatic nitrogens is 2. The lowest BCUT2D eigenvalue weighted by Gasteiger charge is -2.12. The standard InChI is InChI=1S/C11H16FN3O3S/c1-7(2)9-4-10(14-13-9)15-5-8(3-11(15)16)6-19(12,17)18/h4,7-8H,3,5-6H2,1-2H3,(H,13,14). The summed E-state index contributed by atoms with van der Waals surface area (Å²) in [5.74, 6) is -0.637. The molecule has 0 aromatic carbocycles. The molecule has 1 aromatic rings. The highest BCUT2D eigenvalue weighted by molar-refractivity contribution is 7.86. The molecule has 0 spiro atoms. The number of hydrogen-bond acceptors (Lipinski definition) is 4. The van der Waals surface area contributed by atoms with Crippen molar-refractivity contribution in [3.8, 4) is 0 Å². The van der Waals surface area contributed by atoms with Gasteiger partial charge in [-0.15, -0.1) is 3.89 Å². The second-order valence-electron chi connectivity index (χ2n) is 5.12. The predicted molar refractivity (Wildman–Crippen MR) is 68.0 cm³/mol. The van der Waals surface area contributed by atoms with Crippen molar-refractivity contribution in [1.29, 1.82) is 0 Å². The van der Waals surface area contributed by atoms with Crippen LogP contribution < -0.4 is 4.90 Å². The maximum atomic E-state index is 12.6. The second kappa shape index (κ2) is 4.92. The average molecular weight is 289 g/mol. The Kier molecular flexibility index (Phi) is 3.62. The van der Waals surface area contributed by atoms with E-state index >= 15 is 0 Å². The molecule has 0 saturated carbocycles. The number of nitrogens with zero attached hydrogens (tertiary/aromatic N) is 2. The summed E-state index contributed by atoms with van der Waals surface area (Å²) in [4.78, 5) is 13.2. The highest BCUT2D eigenvalue weighted by atomic mass is 32.3. The Balaban J connectivity index is 2.11. The zero-order valence-electron chi connectivity index (χ0n) is 10.8. The molecule has 6 nitrogen and oxygen atoms in total. The van der Waals surface area contributed by atoms with E-state index in [0.29, 0.717) is 5.82 Å². The minimum absolute atomic E-state index is 0.0347. The zero-order valence-corrected chi connectivity index (χ0v) is 11.6. The molecule has 1 unspecified atom stereocenters. The number of carbonyl (C=O) groups is 1. The summed E-state index contributed by atoms with van der Waals surface area (Å²) in [6.07, 6.45) is 0.0347. The van der Waals surface area contributed by atoms with Crippen molar-refractivity contribution < 1.29 is 17.1 Å². The average Bonchev–Trinajstić information content (AvgIpc) is 2.82. The van der Waals surface area contributed by atoms with Gasteiger partial charge in [-0.05, 0) is 5.92 Å². The van der Waals surface area contributed by atoms with E-state index in [1.165, 1.54) is 4.90 Å². The van der Waals surface area contributed by atoms with Crippen LogP contribution in [-0.2, 0) is 15.0 Å². The van der Waals surface area contributed by atoms with E-state index in [0.717, 1.165) is 5.69 Å². The number of carbonyl (C=O) groups excluding carboxylic acids is 1. The Bertz CT molecular complexity index is 582. The molecule has 1 aliphatic rings. The van der Waals surface area contributed by atoms with Gasteiger partial charge in [0.2, 0.25) is 5.91 Å². The van der Waals surface area contributed by atoms with E-state index in [4.69, 9.17) is 0 Å². The summed E-state index contributed by atoms with van der Waals surface area (Å²) in [5.41, 5.74) is 0.893. The number of anilines is 1. The van der Waals surface area contributed by atoms with Crippen LogP contribution in [0, 0.1) is 5.92 Å². The first kappa shape index (κ1) is 14.0. The summed E-state index contributed by atoms with van der Waals surface area (Å²) >= 11 is 0. The number of rotatable bonds is 4. The molecule has 0 radical (unpaired) electrons. The van der Waals surface area contributed by atoms with Gasteiger partial charge in [0.25, 0.3) is 0 Å². The summed E-state index contributed by atoms with van der Waals surface area (Å²) in [7, 11) is -4.55. The second-order valence-corrected chi connectivity index (χ2v) is 6.53. The van der Waals surface area contributed by atoms with Crippen molar-refractivity contribution in [3.05, 3.63) is 11.8 Å². The third-order valence-electron chi connectivity index (χ3n) is 3.12. The minimum Gasteiger partial charge on any atom is -0.295 e. The van der Waals surface area contributed by atoms with Crippen LogP contribution >= 0.6 is 0 Å². The van der Waals surface area contributed by atoms with E-state index in [-0.39, 0.29) is 24.8 Å². The third-order valence-corrected chi connectivity index (χ3v) is 3.99. The van der Waals surface area contributed by atoms with Crippen molar-refractivity contribution in [3.63, 3.8) is 0 Å². The van der Waals surface area contributed by atoms with Crippen molar-refractivity contribution in [1.82, 2.24) is 10.2 Å².